The summed E-state index contributed by atoms with van der Waals surface area (Å²) in [6.07, 6.45) is 2.92. The smallest absolute Gasteiger partial charge is 0.281 e. The zero-order chi connectivity index (χ0) is 14.3. The average Bonchev–Trinajstić information content (AvgIpc) is 3.01. The van der Waals surface area contributed by atoms with Crippen LogP contribution in [0.15, 0.2) is 16.6 Å². The molecule has 0 unspecified atom stereocenters. The van der Waals surface area contributed by atoms with Crippen molar-refractivity contribution >= 4 is 27.5 Å². The number of hydrogen-bond acceptors (Lipinski definition) is 6. The fraction of sp³-hybridized carbons (Fsp3) is 0.364. The van der Waals surface area contributed by atoms with Gasteiger partial charge in [0.25, 0.3) is 15.9 Å². The van der Waals surface area contributed by atoms with Crippen molar-refractivity contribution in [3.8, 4) is 0 Å². The van der Waals surface area contributed by atoms with Crippen molar-refractivity contribution in [3.05, 3.63) is 28.7 Å². The molecule has 0 spiro atoms. The first kappa shape index (κ1) is 13.3. The lowest BCUT2D eigenvalue weighted by molar-refractivity contribution is 0.0981. The summed E-state index contributed by atoms with van der Waals surface area (Å²) in [6, 6.07) is 0. The van der Waals surface area contributed by atoms with Crippen LogP contribution in [0.4, 0.5) is 0 Å². The molecule has 1 aliphatic rings. The molecular weight excluding hydrogens is 300 g/mol. The highest BCUT2D eigenvalue weighted by Crippen LogP contribution is 2.20. The van der Waals surface area contributed by atoms with Crippen LogP contribution >= 0.6 is 11.5 Å². The Kier molecular flexibility index (Phi) is 3.09. The first-order valence-electron chi connectivity index (χ1n) is 6.01. The largest absolute Gasteiger partial charge is 0.318 e. The van der Waals surface area contributed by atoms with E-state index >= 15 is 0 Å². The number of aromatic nitrogens is 3. The number of imidazole rings is 1. The second-order valence-corrected chi connectivity index (χ2v) is 6.77. The molecule has 3 heterocycles. The number of carbonyl (C=O) groups is 1. The Labute approximate surface area is 119 Å². The van der Waals surface area contributed by atoms with Gasteiger partial charge in [-0.05, 0) is 24.9 Å². The van der Waals surface area contributed by atoms with E-state index in [-0.39, 0.29) is 10.6 Å². The molecule has 7 nitrogen and oxygen atoms in total. The van der Waals surface area contributed by atoms with E-state index in [1.807, 2.05) is 0 Å². The minimum Gasteiger partial charge on any atom is -0.318 e. The van der Waals surface area contributed by atoms with Gasteiger partial charge in [-0.15, -0.1) is 0 Å². The fourth-order valence-electron chi connectivity index (χ4n) is 2.18. The van der Waals surface area contributed by atoms with Gasteiger partial charge < -0.3 is 4.57 Å². The van der Waals surface area contributed by atoms with Gasteiger partial charge in [0, 0.05) is 18.3 Å². The normalized spacial score (nSPS) is 14.2. The Morgan fingerprint density at radius 1 is 1.50 bits per heavy atom. The summed E-state index contributed by atoms with van der Waals surface area (Å²) in [5.74, 6) is 0.0796. The van der Waals surface area contributed by atoms with Crippen molar-refractivity contribution in [2.24, 2.45) is 0 Å². The van der Waals surface area contributed by atoms with Crippen LogP contribution in [0, 0.1) is 6.92 Å². The van der Waals surface area contributed by atoms with Gasteiger partial charge in [-0.1, -0.05) is 0 Å². The third kappa shape index (κ3) is 2.12. The lowest BCUT2D eigenvalue weighted by Gasteiger charge is -2.07. The average molecular weight is 312 g/mol. The lowest BCUT2D eigenvalue weighted by atomic mass is 10.3. The molecule has 0 saturated carbocycles. The summed E-state index contributed by atoms with van der Waals surface area (Å²) in [7, 11) is -3.91. The quantitative estimate of drug-likeness (QED) is 0.901. The predicted octanol–water partition coefficient (Wildman–Crippen LogP) is 0.713. The zero-order valence-corrected chi connectivity index (χ0v) is 12.3. The Morgan fingerprint density at radius 2 is 2.30 bits per heavy atom. The summed E-state index contributed by atoms with van der Waals surface area (Å²) < 4.78 is 32.2. The van der Waals surface area contributed by atoms with Crippen molar-refractivity contribution < 1.29 is 13.2 Å². The minimum atomic E-state index is -3.91. The van der Waals surface area contributed by atoms with Crippen molar-refractivity contribution in [2.45, 2.75) is 31.3 Å². The molecule has 0 aromatic carbocycles. The maximum atomic E-state index is 12.3. The highest BCUT2D eigenvalue weighted by Gasteiger charge is 2.27. The standard InChI is InChI=1S/C11H12N4O3S2/c1-7-8(6-19-13-7)11(16)14-20(17,18)10-5-12-9-3-2-4-15(9)10/h5-6H,2-4H2,1H3,(H,14,16). The fourth-order valence-corrected chi connectivity index (χ4v) is 4.01. The Balaban J connectivity index is 1.90. The molecule has 106 valence electrons. The molecule has 9 heteroatoms. The molecular formula is C11H12N4O3S2. The molecule has 0 atom stereocenters. The van der Waals surface area contributed by atoms with Crippen LogP contribution in [0.2, 0.25) is 0 Å². The van der Waals surface area contributed by atoms with Crippen LogP contribution in [0.1, 0.15) is 28.3 Å². The summed E-state index contributed by atoms with van der Waals surface area (Å²) >= 11 is 1.11. The van der Waals surface area contributed by atoms with Gasteiger partial charge in [-0.3, -0.25) is 4.79 Å². The number of hydrogen-bond donors (Lipinski definition) is 1. The van der Waals surface area contributed by atoms with Gasteiger partial charge >= 0.3 is 0 Å². The van der Waals surface area contributed by atoms with Crippen LogP contribution in [0.3, 0.4) is 0 Å². The third-order valence-corrected chi connectivity index (χ3v) is 5.23. The van der Waals surface area contributed by atoms with Gasteiger partial charge in [0.15, 0.2) is 5.03 Å². The lowest BCUT2D eigenvalue weighted by Crippen LogP contribution is -2.32. The Bertz CT molecular complexity index is 775. The second-order valence-electron chi connectivity index (χ2n) is 4.52. The second kappa shape index (κ2) is 4.67. The van der Waals surface area contributed by atoms with Gasteiger partial charge in [-0.2, -0.15) is 12.8 Å². The van der Waals surface area contributed by atoms with Crippen molar-refractivity contribution in [3.63, 3.8) is 0 Å². The van der Waals surface area contributed by atoms with E-state index in [9.17, 15) is 13.2 Å². The van der Waals surface area contributed by atoms with E-state index < -0.39 is 15.9 Å². The van der Waals surface area contributed by atoms with Crippen molar-refractivity contribution in [2.75, 3.05) is 0 Å². The van der Waals surface area contributed by atoms with Crippen LogP contribution in [-0.2, 0) is 23.0 Å². The molecule has 3 rings (SSSR count). The molecule has 0 radical (unpaired) electrons. The van der Waals surface area contributed by atoms with E-state index in [2.05, 4.69) is 14.1 Å². The van der Waals surface area contributed by atoms with Crippen molar-refractivity contribution in [1.82, 2.24) is 18.6 Å². The summed E-state index contributed by atoms with van der Waals surface area (Å²) in [5, 5.41) is 1.57. The number of carbonyl (C=O) groups excluding carboxylic acids is 1. The van der Waals surface area contributed by atoms with Crippen molar-refractivity contribution in [1.29, 1.82) is 0 Å². The van der Waals surface area contributed by atoms with Crippen LogP contribution < -0.4 is 4.72 Å². The number of sulfonamides is 1. The van der Waals surface area contributed by atoms with Gasteiger partial charge in [0.05, 0.1) is 17.5 Å². The highest BCUT2D eigenvalue weighted by atomic mass is 32.2. The SMILES string of the molecule is Cc1nscc1C(=O)NS(=O)(=O)c1cnc2n1CCC2. The monoisotopic (exact) mass is 312 g/mol. The summed E-state index contributed by atoms with van der Waals surface area (Å²) in [6.45, 7) is 2.27. The molecule has 0 bridgehead atoms. The molecule has 0 aliphatic carbocycles. The number of fused-ring (bicyclic) bond motifs is 1. The van der Waals surface area contributed by atoms with Crippen LogP contribution in [0.5, 0.6) is 0 Å². The number of nitrogens with one attached hydrogen (secondary N) is 1. The predicted molar refractivity (Wildman–Crippen MR) is 72.1 cm³/mol. The topological polar surface area (TPSA) is 93.9 Å². The third-order valence-electron chi connectivity index (χ3n) is 3.18. The molecule has 0 saturated heterocycles. The molecule has 2 aromatic rings. The number of nitrogens with zero attached hydrogens (tertiary/aromatic N) is 3. The van der Waals surface area contributed by atoms with Crippen LogP contribution in [-0.4, -0.2) is 28.2 Å². The number of aryl methyl sites for hydroxylation is 2. The molecule has 1 N–H and O–H groups in total. The first-order valence-corrected chi connectivity index (χ1v) is 8.33. The Hall–Kier alpha value is -1.74. The number of amides is 1. The molecule has 2 aromatic heterocycles. The maximum absolute atomic E-state index is 12.3. The van der Waals surface area contributed by atoms with E-state index in [4.69, 9.17) is 0 Å². The van der Waals surface area contributed by atoms with Crippen LogP contribution in [0.25, 0.3) is 0 Å². The van der Waals surface area contributed by atoms with Gasteiger partial charge in [0.1, 0.15) is 5.82 Å². The maximum Gasteiger partial charge on any atom is 0.281 e. The van der Waals surface area contributed by atoms with Gasteiger partial charge in [0.2, 0.25) is 0 Å². The Morgan fingerprint density at radius 3 is 3.00 bits per heavy atom. The summed E-state index contributed by atoms with van der Waals surface area (Å²) in [4.78, 5) is 16.1. The molecule has 1 aliphatic heterocycles. The van der Waals surface area contributed by atoms with E-state index in [1.165, 1.54) is 11.6 Å². The molecule has 1 amide bonds. The van der Waals surface area contributed by atoms with E-state index in [1.54, 1.807) is 11.5 Å². The highest BCUT2D eigenvalue weighted by molar-refractivity contribution is 7.90. The van der Waals surface area contributed by atoms with E-state index in [0.717, 1.165) is 30.2 Å². The first-order chi connectivity index (χ1) is 9.49. The summed E-state index contributed by atoms with van der Waals surface area (Å²) in [5.41, 5.74) is 0.793. The minimum absolute atomic E-state index is 0.0409. The number of rotatable bonds is 3. The molecule has 20 heavy (non-hydrogen) atoms. The van der Waals surface area contributed by atoms with Gasteiger partial charge in [-0.25, -0.2) is 9.71 Å². The molecule has 0 fully saturated rings. The zero-order valence-electron chi connectivity index (χ0n) is 10.7. The van der Waals surface area contributed by atoms with E-state index in [0.29, 0.717) is 12.2 Å².